The maximum atomic E-state index is 5.48. The van der Waals surface area contributed by atoms with Crippen LogP contribution in [0.25, 0.3) is 0 Å². The highest BCUT2D eigenvalue weighted by molar-refractivity contribution is 4.90. The predicted octanol–water partition coefficient (Wildman–Crippen LogP) is 2.05. The fourth-order valence-corrected chi connectivity index (χ4v) is 2.22. The zero-order chi connectivity index (χ0) is 9.90. The third-order valence-electron chi connectivity index (χ3n) is 2.96. The molecule has 1 fully saturated rings. The van der Waals surface area contributed by atoms with Crippen molar-refractivity contribution in [2.45, 2.75) is 40.2 Å². The fourth-order valence-electron chi connectivity index (χ4n) is 2.22. The molecule has 0 aromatic rings. The molecule has 1 aliphatic rings. The van der Waals surface area contributed by atoms with Crippen LogP contribution in [0.3, 0.4) is 0 Å². The van der Waals surface area contributed by atoms with Gasteiger partial charge in [0.15, 0.2) is 0 Å². The Labute approximate surface area is 82.0 Å². The first-order valence-corrected chi connectivity index (χ1v) is 5.37. The van der Waals surface area contributed by atoms with Crippen LogP contribution in [-0.4, -0.2) is 25.8 Å². The van der Waals surface area contributed by atoms with E-state index in [-0.39, 0.29) is 0 Å². The second kappa shape index (κ2) is 4.43. The van der Waals surface area contributed by atoms with Gasteiger partial charge in [0, 0.05) is 12.6 Å². The van der Waals surface area contributed by atoms with Crippen molar-refractivity contribution >= 4 is 0 Å². The van der Waals surface area contributed by atoms with E-state index < -0.39 is 0 Å². The molecule has 1 heterocycles. The van der Waals surface area contributed by atoms with Crippen LogP contribution in [0, 0.1) is 11.3 Å². The van der Waals surface area contributed by atoms with E-state index in [1.54, 1.807) is 0 Å². The summed E-state index contributed by atoms with van der Waals surface area (Å²) in [7, 11) is 0. The van der Waals surface area contributed by atoms with Crippen LogP contribution in [0.15, 0.2) is 0 Å². The van der Waals surface area contributed by atoms with Crippen molar-refractivity contribution in [2.75, 3.05) is 19.8 Å². The van der Waals surface area contributed by atoms with E-state index in [1.807, 2.05) is 0 Å². The highest BCUT2D eigenvalue weighted by Gasteiger charge is 2.35. The Morgan fingerprint density at radius 2 is 2.08 bits per heavy atom. The number of hydrogen-bond donors (Lipinski definition) is 1. The van der Waals surface area contributed by atoms with E-state index in [4.69, 9.17) is 4.74 Å². The molecule has 0 amide bonds. The second-order valence-corrected chi connectivity index (χ2v) is 4.98. The zero-order valence-electron chi connectivity index (χ0n) is 9.39. The first kappa shape index (κ1) is 11.0. The van der Waals surface area contributed by atoms with Gasteiger partial charge in [-0.15, -0.1) is 0 Å². The van der Waals surface area contributed by atoms with E-state index in [0.717, 1.165) is 25.7 Å². The predicted molar refractivity (Wildman–Crippen MR) is 55.8 cm³/mol. The normalized spacial score (nSPS) is 29.5. The van der Waals surface area contributed by atoms with Gasteiger partial charge >= 0.3 is 0 Å². The average Bonchev–Trinajstić information content (AvgIpc) is 2.47. The monoisotopic (exact) mass is 185 g/mol. The minimum Gasteiger partial charge on any atom is -0.380 e. The minimum absolute atomic E-state index is 0.408. The molecule has 2 unspecified atom stereocenters. The van der Waals surface area contributed by atoms with Gasteiger partial charge in [0.25, 0.3) is 0 Å². The van der Waals surface area contributed by atoms with Crippen LogP contribution >= 0.6 is 0 Å². The molecule has 0 saturated carbocycles. The summed E-state index contributed by atoms with van der Waals surface area (Å²) >= 11 is 0. The Morgan fingerprint density at radius 3 is 2.62 bits per heavy atom. The fraction of sp³-hybridized carbons (Fsp3) is 1.00. The molecule has 78 valence electrons. The Balaban J connectivity index is 2.44. The van der Waals surface area contributed by atoms with Gasteiger partial charge in [-0.3, -0.25) is 0 Å². The van der Waals surface area contributed by atoms with E-state index in [9.17, 15) is 0 Å². The quantitative estimate of drug-likeness (QED) is 0.726. The van der Waals surface area contributed by atoms with Gasteiger partial charge in [-0.05, 0) is 31.2 Å². The lowest BCUT2D eigenvalue weighted by molar-refractivity contribution is 0.0903. The maximum Gasteiger partial charge on any atom is 0.0622 e. The standard InChI is InChI=1S/C11H23NO/c1-5-13-8-10-9(6-7-12-10)11(2,3)4/h9-10,12H,5-8H2,1-4H3. The Morgan fingerprint density at radius 1 is 1.38 bits per heavy atom. The zero-order valence-corrected chi connectivity index (χ0v) is 9.39. The van der Waals surface area contributed by atoms with Gasteiger partial charge in [-0.25, -0.2) is 0 Å². The number of ether oxygens (including phenoxy) is 1. The summed E-state index contributed by atoms with van der Waals surface area (Å²) in [5, 5.41) is 3.52. The van der Waals surface area contributed by atoms with E-state index in [0.29, 0.717) is 11.5 Å². The highest BCUT2D eigenvalue weighted by Crippen LogP contribution is 2.34. The van der Waals surface area contributed by atoms with Crippen molar-refractivity contribution in [3.63, 3.8) is 0 Å². The van der Waals surface area contributed by atoms with E-state index in [1.165, 1.54) is 6.42 Å². The topological polar surface area (TPSA) is 21.3 Å². The van der Waals surface area contributed by atoms with Crippen molar-refractivity contribution in [2.24, 2.45) is 11.3 Å². The Hall–Kier alpha value is -0.0800. The largest absolute Gasteiger partial charge is 0.380 e. The van der Waals surface area contributed by atoms with Crippen molar-refractivity contribution in [3.05, 3.63) is 0 Å². The third-order valence-corrected chi connectivity index (χ3v) is 2.96. The molecule has 2 nitrogen and oxygen atoms in total. The first-order chi connectivity index (χ1) is 6.05. The number of hydrogen-bond acceptors (Lipinski definition) is 2. The van der Waals surface area contributed by atoms with Crippen LogP contribution < -0.4 is 5.32 Å². The van der Waals surface area contributed by atoms with E-state index in [2.05, 4.69) is 33.0 Å². The molecule has 1 aliphatic heterocycles. The van der Waals surface area contributed by atoms with E-state index >= 15 is 0 Å². The van der Waals surface area contributed by atoms with Crippen LogP contribution in [0.5, 0.6) is 0 Å². The van der Waals surface area contributed by atoms with Crippen molar-refractivity contribution in [1.29, 1.82) is 0 Å². The number of rotatable bonds is 3. The van der Waals surface area contributed by atoms with Crippen LogP contribution in [0.4, 0.5) is 0 Å². The van der Waals surface area contributed by atoms with Gasteiger partial charge in [-0.2, -0.15) is 0 Å². The molecule has 0 spiro atoms. The Kier molecular flexibility index (Phi) is 3.74. The summed E-state index contributed by atoms with van der Waals surface area (Å²) in [5.74, 6) is 0.763. The van der Waals surface area contributed by atoms with Crippen LogP contribution in [-0.2, 0) is 4.74 Å². The summed E-state index contributed by atoms with van der Waals surface area (Å²) in [6, 6.07) is 0.569. The summed E-state index contributed by atoms with van der Waals surface area (Å²) < 4.78 is 5.48. The smallest absolute Gasteiger partial charge is 0.0622 e. The number of nitrogens with one attached hydrogen (secondary N) is 1. The van der Waals surface area contributed by atoms with Crippen molar-refractivity contribution in [1.82, 2.24) is 5.32 Å². The molecule has 2 heteroatoms. The lowest BCUT2D eigenvalue weighted by atomic mass is 9.76. The summed E-state index contributed by atoms with van der Waals surface area (Å²) in [5.41, 5.74) is 0.408. The molecule has 0 aromatic carbocycles. The molecule has 1 N–H and O–H groups in total. The minimum atomic E-state index is 0.408. The van der Waals surface area contributed by atoms with Gasteiger partial charge in [0.2, 0.25) is 0 Å². The van der Waals surface area contributed by atoms with Crippen LogP contribution in [0.1, 0.15) is 34.1 Å². The highest BCUT2D eigenvalue weighted by atomic mass is 16.5. The maximum absolute atomic E-state index is 5.48. The summed E-state index contributed by atoms with van der Waals surface area (Å²) in [4.78, 5) is 0. The molecule has 0 radical (unpaired) electrons. The molecule has 13 heavy (non-hydrogen) atoms. The first-order valence-electron chi connectivity index (χ1n) is 5.37. The summed E-state index contributed by atoms with van der Waals surface area (Å²) in [6.07, 6.45) is 1.29. The van der Waals surface area contributed by atoms with Gasteiger partial charge < -0.3 is 10.1 Å². The SMILES string of the molecule is CCOCC1NCCC1C(C)(C)C. The van der Waals surface area contributed by atoms with Crippen LogP contribution in [0.2, 0.25) is 0 Å². The lowest BCUT2D eigenvalue weighted by Crippen LogP contribution is -2.37. The molecular formula is C11H23NO. The van der Waals surface area contributed by atoms with Gasteiger partial charge in [0.1, 0.15) is 0 Å². The second-order valence-electron chi connectivity index (χ2n) is 4.98. The molecule has 2 atom stereocenters. The lowest BCUT2D eigenvalue weighted by Gasteiger charge is -2.31. The molecule has 1 rings (SSSR count). The van der Waals surface area contributed by atoms with Crippen molar-refractivity contribution < 1.29 is 4.74 Å². The molecule has 0 aliphatic carbocycles. The summed E-state index contributed by atoms with van der Waals surface area (Å²) in [6.45, 7) is 11.9. The molecule has 0 bridgehead atoms. The Bertz CT molecular complexity index is 151. The molecular weight excluding hydrogens is 162 g/mol. The molecule has 0 aromatic heterocycles. The van der Waals surface area contributed by atoms with Gasteiger partial charge in [0.05, 0.1) is 6.61 Å². The van der Waals surface area contributed by atoms with Crippen molar-refractivity contribution in [3.8, 4) is 0 Å². The van der Waals surface area contributed by atoms with Gasteiger partial charge in [-0.1, -0.05) is 20.8 Å². The average molecular weight is 185 g/mol. The third kappa shape index (κ3) is 2.96. The molecule has 1 saturated heterocycles.